The predicted octanol–water partition coefficient (Wildman–Crippen LogP) is 7.66. The van der Waals surface area contributed by atoms with Crippen LogP contribution in [0.4, 0.5) is 5.69 Å². The second-order valence-corrected chi connectivity index (χ2v) is 10.3. The second kappa shape index (κ2) is 11.6. The Morgan fingerprint density at radius 1 is 1.14 bits per heavy atom. The van der Waals surface area contributed by atoms with Crippen molar-refractivity contribution in [1.82, 2.24) is 4.98 Å². The summed E-state index contributed by atoms with van der Waals surface area (Å²) in [5.74, 6) is -0.0625. The van der Waals surface area contributed by atoms with E-state index in [1.807, 2.05) is 13.1 Å². The summed E-state index contributed by atoms with van der Waals surface area (Å²) in [5.41, 5.74) is 8.50. The molecule has 2 aromatic heterocycles. The number of hydrogen-bond donors (Lipinski definition) is 1. The van der Waals surface area contributed by atoms with Gasteiger partial charge in [0.25, 0.3) is 0 Å². The van der Waals surface area contributed by atoms with Crippen LogP contribution in [0.2, 0.25) is 0 Å². The number of thiophene rings is 1. The van der Waals surface area contributed by atoms with Gasteiger partial charge >= 0.3 is 0 Å². The van der Waals surface area contributed by atoms with E-state index in [2.05, 4.69) is 31.0 Å². The van der Waals surface area contributed by atoms with Gasteiger partial charge in [-0.15, -0.1) is 28.5 Å². The van der Waals surface area contributed by atoms with E-state index in [0.717, 1.165) is 21.5 Å². The van der Waals surface area contributed by atoms with Crippen molar-refractivity contribution < 1.29 is 34.9 Å². The number of aryl methyl sites for hydroxylation is 3. The number of aromatic nitrogens is 1. The SMILES string of the molecule is CC(=O)/C=C(/C)O.Cc1cc([N+](=O)[O-])c[c-]c1-c1nccc2c1sc1c(C)c3c(c(C)c12)CCCC3.[Ir]. The third kappa shape index (κ3) is 5.66. The molecule has 0 atom stereocenters. The number of hydrogen-bond acceptors (Lipinski definition) is 6. The number of ketones is 1. The zero-order chi connectivity index (χ0) is 26.1. The van der Waals surface area contributed by atoms with Crippen molar-refractivity contribution in [2.75, 3.05) is 0 Å². The fourth-order valence-electron chi connectivity index (χ4n) is 5.11. The van der Waals surface area contributed by atoms with Gasteiger partial charge in [-0.05, 0) is 87.1 Å². The van der Waals surface area contributed by atoms with Gasteiger partial charge in [0, 0.05) is 57.8 Å². The molecule has 1 aliphatic carbocycles. The topological polar surface area (TPSA) is 93.3 Å². The van der Waals surface area contributed by atoms with Crippen LogP contribution in [0.5, 0.6) is 0 Å². The molecule has 0 fully saturated rings. The molecule has 0 aliphatic heterocycles. The molecule has 4 aromatic rings. The van der Waals surface area contributed by atoms with Crippen LogP contribution in [0.3, 0.4) is 0 Å². The van der Waals surface area contributed by atoms with Crippen LogP contribution in [-0.4, -0.2) is 20.8 Å². The van der Waals surface area contributed by atoms with E-state index in [9.17, 15) is 14.9 Å². The van der Waals surface area contributed by atoms with Crippen molar-refractivity contribution in [2.24, 2.45) is 0 Å². The zero-order valence-electron chi connectivity index (χ0n) is 21.5. The normalized spacial score (nSPS) is 12.9. The summed E-state index contributed by atoms with van der Waals surface area (Å²) in [6, 6.07) is 8.29. The number of carbonyl (C=O) groups is 1. The van der Waals surface area contributed by atoms with Crippen LogP contribution < -0.4 is 0 Å². The third-order valence-electron chi connectivity index (χ3n) is 6.68. The van der Waals surface area contributed by atoms with Gasteiger partial charge in [-0.1, -0.05) is 19.1 Å². The van der Waals surface area contributed by atoms with E-state index in [1.54, 1.807) is 23.0 Å². The number of nitro benzene ring substituents is 1. The first-order chi connectivity index (χ1) is 17.1. The molecule has 0 unspecified atom stereocenters. The molecule has 0 spiro atoms. The van der Waals surface area contributed by atoms with Crippen LogP contribution in [0.25, 0.3) is 31.4 Å². The number of fused-ring (bicyclic) bond motifs is 4. The number of benzene rings is 2. The number of nitrogens with zero attached hydrogens (tertiary/aromatic N) is 2. The Labute approximate surface area is 233 Å². The maximum Gasteiger partial charge on any atom is 0.190 e. The standard InChI is InChI=1S/C24H21N2O2S.C5H8O2.Ir/c1-13-12-16(26(27)28)8-9-17(13)22-24-20(10-11-25-22)21-14(2)18-6-4-5-7-19(18)15(3)23(21)29-24;1-4(6)3-5(2)7;/h8,10-12H,4-7H2,1-3H3;3,6H,1-2H3;/q-1;;/b;4-3-;. The molecule has 2 aromatic carbocycles. The Hall–Kier alpha value is -2.93. The Balaban J connectivity index is 0.000000422. The van der Waals surface area contributed by atoms with Gasteiger partial charge in [0.1, 0.15) is 0 Å². The summed E-state index contributed by atoms with van der Waals surface area (Å²) in [6.07, 6.45) is 7.90. The number of allylic oxidation sites excluding steroid dienone is 2. The second-order valence-electron chi connectivity index (χ2n) is 9.33. The van der Waals surface area contributed by atoms with E-state index in [0.29, 0.717) is 0 Å². The number of aliphatic hydroxyl groups is 1. The summed E-state index contributed by atoms with van der Waals surface area (Å²) in [6.45, 7) is 9.27. The van der Waals surface area contributed by atoms with E-state index < -0.39 is 0 Å². The van der Waals surface area contributed by atoms with Gasteiger partial charge in [0.2, 0.25) is 0 Å². The van der Waals surface area contributed by atoms with Crippen molar-refractivity contribution >= 4 is 43.0 Å². The number of rotatable bonds is 3. The molecule has 1 radical (unpaired) electrons. The summed E-state index contributed by atoms with van der Waals surface area (Å²) in [7, 11) is 0. The average Bonchev–Trinajstić information content (AvgIpc) is 3.22. The van der Waals surface area contributed by atoms with E-state index in [4.69, 9.17) is 5.11 Å². The van der Waals surface area contributed by atoms with Crippen molar-refractivity contribution in [3.63, 3.8) is 0 Å². The van der Waals surface area contributed by atoms with Crippen molar-refractivity contribution in [1.29, 1.82) is 0 Å². The van der Waals surface area contributed by atoms with Gasteiger partial charge in [0.05, 0.1) is 5.76 Å². The van der Waals surface area contributed by atoms with E-state index in [1.165, 1.54) is 83.8 Å². The summed E-state index contributed by atoms with van der Waals surface area (Å²) >= 11 is 1.80. The van der Waals surface area contributed by atoms with Gasteiger partial charge in [0.15, 0.2) is 11.5 Å². The van der Waals surface area contributed by atoms with Gasteiger partial charge < -0.3 is 10.1 Å². The van der Waals surface area contributed by atoms with Crippen molar-refractivity contribution in [2.45, 2.75) is 60.3 Å². The van der Waals surface area contributed by atoms with Crippen LogP contribution in [-0.2, 0) is 37.7 Å². The fourth-order valence-corrected chi connectivity index (χ4v) is 6.49. The molecule has 2 heterocycles. The minimum absolute atomic E-state index is 0. The third-order valence-corrected chi connectivity index (χ3v) is 8.01. The zero-order valence-corrected chi connectivity index (χ0v) is 24.7. The Bertz CT molecular complexity index is 1550. The molecule has 8 heteroatoms. The smallest absolute Gasteiger partial charge is 0.190 e. The molecule has 6 nitrogen and oxygen atoms in total. The number of nitro groups is 1. The molecule has 37 heavy (non-hydrogen) atoms. The van der Waals surface area contributed by atoms with Gasteiger partial charge in [-0.25, -0.2) is 0 Å². The van der Waals surface area contributed by atoms with Gasteiger partial charge in [-0.3, -0.25) is 14.9 Å². The molecule has 0 saturated heterocycles. The fraction of sp³-hybridized carbons (Fsp3) is 0.310. The molecule has 0 bridgehead atoms. The monoisotopic (exact) mass is 694 g/mol. The minimum Gasteiger partial charge on any atom is -0.512 e. The molecule has 1 N–H and O–H groups in total. The van der Waals surface area contributed by atoms with Crippen LogP contribution in [0, 0.1) is 37.0 Å². The number of carbonyl (C=O) groups excluding carboxylic acids is 1. The van der Waals surface area contributed by atoms with Crippen LogP contribution >= 0.6 is 11.3 Å². The van der Waals surface area contributed by atoms with Crippen LogP contribution in [0.15, 0.2) is 36.2 Å². The molecule has 1 aliphatic rings. The molecular formula is C29H29IrN2O4S-. The molecule has 0 saturated carbocycles. The summed E-state index contributed by atoms with van der Waals surface area (Å²) < 4.78 is 2.50. The first-order valence-corrected chi connectivity index (χ1v) is 12.8. The minimum atomic E-state index is -0.377. The van der Waals surface area contributed by atoms with Crippen LogP contribution in [0.1, 0.15) is 54.5 Å². The first-order valence-electron chi connectivity index (χ1n) is 12.0. The maximum absolute atomic E-state index is 11.1. The molecule has 195 valence electrons. The largest absolute Gasteiger partial charge is 0.512 e. The average molecular weight is 694 g/mol. The van der Waals surface area contributed by atoms with Crippen molar-refractivity contribution in [3.05, 3.63) is 80.2 Å². The Morgan fingerprint density at radius 2 is 1.78 bits per heavy atom. The quantitative estimate of drug-likeness (QED) is 0.0782. The van der Waals surface area contributed by atoms with Gasteiger partial charge in [-0.2, -0.15) is 0 Å². The van der Waals surface area contributed by atoms with E-state index >= 15 is 0 Å². The summed E-state index contributed by atoms with van der Waals surface area (Å²) in [5, 5.41) is 22.1. The molecule has 5 rings (SSSR count). The van der Waals surface area contributed by atoms with Crippen molar-refractivity contribution in [3.8, 4) is 11.3 Å². The number of non-ortho nitro benzene ring substituents is 1. The molecule has 0 amide bonds. The number of aliphatic hydroxyl groups excluding tert-OH is 1. The Kier molecular flexibility index (Phi) is 9.00. The Morgan fingerprint density at radius 3 is 2.32 bits per heavy atom. The molecular weight excluding hydrogens is 665 g/mol. The summed E-state index contributed by atoms with van der Waals surface area (Å²) in [4.78, 5) is 25.4. The first kappa shape index (κ1) is 28.6. The maximum atomic E-state index is 11.1. The van der Waals surface area contributed by atoms with E-state index in [-0.39, 0.29) is 42.3 Å². The predicted molar refractivity (Wildman–Crippen MR) is 146 cm³/mol. The number of pyridine rings is 1.